The van der Waals surface area contributed by atoms with E-state index < -0.39 is 5.91 Å². The second-order valence-electron chi connectivity index (χ2n) is 4.84. The van der Waals surface area contributed by atoms with Crippen molar-refractivity contribution < 1.29 is 14.7 Å². The molecule has 0 bridgehead atoms. The minimum atomic E-state index is -0.429. The molecule has 0 radical (unpaired) electrons. The molecule has 22 heavy (non-hydrogen) atoms. The number of hydrogen-bond acceptors (Lipinski definition) is 5. The van der Waals surface area contributed by atoms with Crippen molar-refractivity contribution in [2.45, 2.75) is 13.8 Å². The number of aromatic nitrogens is 1. The van der Waals surface area contributed by atoms with Gasteiger partial charge in [0.25, 0.3) is 5.91 Å². The van der Waals surface area contributed by atoms with Gasteiger partial charge in [0.05, 0.1) is 10.9 Å². The van der Waals surface area contributed by atoms with Crippen molar-refractivity contribution >= 4 is 40.9 Å². The highest BCUT2D eigenvalue weighted by Crippen LogP contribution is 2.31. The largest absolute Gasteiger partial charge is 0.492 e. The molecule has 2 aromatic rings. The molecule has 2 heterocycles. The molecule has 0 saturated carbocycles. The van der Waals surface area contributed by atoms with Gasteiger partial charge in [-0.1, -0.05) is 23.0 Å². The van der Waals surface area contributed by atoms with Gasteiger partial charge in [0.15, 0.2) is 3.95 Å². The van der Waals surface area contributed by atoms with Crippen LogP contribution < -0.4 is 16.0 Å². The monoisotopic (exact) mass is 333 g/mol. The Morgan fingerprint density at radius 1 is 1.45 bits per heavy atom. The summed E-state index contributed by atoms with van der Waals surface area (Å²) in [6, 6.07) is 5.46. The number of carbonyl (C=O) groups is 2. The molecule has 0 fully saturated rings. The average molecular weight is 333 g/mol. The molecular formula is C14H11N3O3S2. The van der Waals surface area contributed by atoms with Crippen molar-refractivity contribution in [1.82, 2.24) is 4.68 Å². The minimum Gasteiger partial charge on any atom is -0.492 e. The first kappa shape index (κ1) is 14.6. The maximum Gasteiger partial charge on any atom is 0.279 e. The number of thiazole rings is 1. The number of nitrogens with one attached hydrogen (secondary N) is 1. The van der Waals surface area contributed by atoms with Gasteiger partial charge in [-0.3, -0.25) is 15.0 Å². The zero-order valence-corrected chi connectivity index (χ0v) is 13.3. The van der Waals surface area contributed by atoms with Gasteiger partial charge >= 0.3 is 0 Å². The summed E-state index contributed by atoms with van der Waals surface area (Å²) >= 11 is 6.18. The second-order valence-corrected chi connectivity index (χ2v) is 6.48. The Morgan fingerprint density at radius 3 is 2.86 bits per heavy atom. The van der Waals surface area contributed by atoms with Crippen molar-refractivity contribution in [3.63, 3.8) is 0 Å². The van der Waals surface area contributed by atoms with Crippen molar-refractivity contribution in [3.05, 3.63) is 43.2 Å². The number of rotatable bonds is 2. The Balaban J connectivity index is 2.31. The highest BCUT2D eigenvalue weighted by Gasteiger charge is 2.25. The second kappa shape index (κ2) is 5.15. The van der Waals surface area contributed by atoms with Crippen LogP contribution in [-0.2, 0) is 9.59 Å². The molecular weight excluding hydrogens is 322 g/mol. The first-order valence-corrected chi connectivity index (χ1v) is 7.58. The van der Waals surface area contributed by atoms with Crippen LogP contribution in [0.2, 0.25) is 0 Å². The third-order valence-electron chi connectivity index (χ3n) is 3.14. The lowest BCUT2D eigenvalue weighted by atomic mass is 10.1. The van der Waals surface area contributed by atoms with E-state index in [0.717, 1.165) is 21.6 Å². The van der Waals surface area contributed by atoms with Crippen LogP contribution in [0.3, 0.4) is 0 Å². The maximum atomic E-state index is 12.2. The van der Waals surface area contributed by atoms with Crippen LogP contribution in [0, 0.1) is 10.9 Å². The number of nitrogens with zero attached hydrogens (tertiary/aromatic N) is 2. The van der Waals surface area contributed by atoms with Crippen LogP contribution >= 0.6 is 23.6 Å². The molecule has 112 valence electrons. The van der Waals surface area contributed by atoms with Crippen LogP contribution in [0.5, 0.6) is 5.88 Å². The first-order valence-electron chi connectivity index (χ1n) is 6.35. The van der Waals surface area contributed by atoms with E-state index in [4.69, 9.17) is 12.2 Å². The molecule has 1 aliphatic rings. The summed E-state index contributed by atoms with van der Waals surface area (Å²) in [6.45, 7) is 3.21. The van der Waals surface area contributed by atoms with Crippen molar-refractivity contribution in [1.29, 1.82) is 0 Å². The average Bonchev–Trinajstić information content (AvgIpc) is 2.88. The lowest BCUT2D eigenvalue weighted by Crippen LogP contribution is -2.23. The molecule has 8 heteroatoms. The van der Waals surface area contributed by atoms with E-state index >= 15 is 0 Å². The SMILES string of the molecule is CC(=O)Nn1c(O)c(C2=c3cc(C)ccc3=NC2=O)sc1=S. The topological polar surface area (TPSA) is 83.7 Å². The third-order valence-corrected chi connectivity index (χ3v) is 4.52. The fourth-order valence-electron chi connectivity index (χ4n) is 2.23. The molecule has 0 saturated heterocycles. The Hall–Kier alpha value is -2.32. The predicted molar refractivity (Wildman–Crippen MR) is 84.3 cm³/mol. The van der Waals surface area contributed by atoms with E-state index in [9.17, 15) is 14.7 Å². The number of amides is 2. The quantitative estimate of drug-likeness (QED) is 0.794. The molecule has 6 nitrogen and oxygen atoms in total. The standard InChI is InChI=1S/C14H11N3O3S2/c1-6-3-4-9-8(5-6)10(12(19)15-9)11-13(20)17(14(21)22-11)16-7(2)18/h3-5,20H,1-2H3,(H,16,18). The molecule has 2 N–H and O–H groups in total. The molecule has 0 spiro atoms. The highest BCUT2D eigenvalue weighted by molar-refractivity contribution is 7.73. The van der Waals surface area contributed by atoms with E-state index in [1.165, 1.54) is 6.92 Å². The lowest BCUT2D eigenvalue weighted by Gasteiger charge is -2.04. The van der Waals surface area contributed by atoms with Crippen LogP contribution in [0.1, 0.15) is 17.4 Å². The number of hydrogen-bond donors (Lipinski definition) is 2. The number of benzene rings is 1. The molecule has 1 aromatic heterocycles. The van der Waals surface area contributed by atoms with E-state index in [2.05, 4.69) is 10.4 Å². The van der Waals surface area contributed by atoms with Gasteiger partial charge in [-0.2, -0.15) is 4.68 Å². The van der Waals surface area contributed by atoms with Gasteiger partial charge in [0.1, 0.15) is 4.88 Å². The molecule has 0 atom stereocenters. The molecule has 2 amide bonds. The van der Waals surface area contributed by atoms with Gasteiger partial charge in [-0.05, 0) is 31.3 Å². The van der Waals surface area contributed by atoms with Crippen molar-refractivity contribution in [3.8, 4) is 5.88 Å². The van der Waals surface area contributed by atoms with Crippen LogP contribution in [0.15, 0.2) is 23.2 Å². The van der Waals surface area contributed by atoms with Gasteiger partial charge in [-0.15, -0.1) is 0 Å². The fourth-order valence-corrected chi connectivity index (χ4v) is 3.50. The zero-order valence-electron chi connectivity index (χ0n) is 11.7. The Bertz CT molecular complexity index is 1000. The van der Waals surface area contributed by atoms with Crippen LogP contribution in [0.25, 0.3) is 5.57 Å². The number of carbonyl (C=O) groups excluding carboxylic acids is 2. The van der Waals surface area contributed by atoms with Gasteiger partial charge in [-0.25, -0.2) is 4.99 Å². The lowest BCUT2D eigenvalue weighted by molar-refractivity contribution is -0.115. The smallest absolute Gasteiger partial charge is 0.279 e. The first-order chi connectivity index (χ1) is 10.4. The molecule has 3 rings (SSSR count). The molecule has 1 aromatic carbocycles. The van der Waals surface area contributed by atoms with E-state index in [0.29, 0.717) is 21.0 Å². The predicted octanol–water partition coefficient (Wildman–Crippen LogP) is 0.742. The summed E-state index contributed by atoms with van der Waals surface area (Å²) in [5.74, 6) is -1.07. The summed E-state index contributed by atoms with van der Waals surface area (Å²) in [6.07, 6.45) is 0. The van der Waals surface area contributed by atoms with E-state index in [1.807, 2.05) is 19.1 Å². The number of aromatic hydroxyl groups is 1. The van der Waals surface area contributed by atoms with Gasteiger partial charge < -0.3 is 5.11 Å². The van der Waals surface area contributed by atoms with Crippen molar-refractivity contribution in [2.24, 2.45) is 4.99 Å². The normalized spacial score (nSPS) is 13.0. The van der Waals surface area contributed by atoms with Gasteiger partial charge in [0, 0.05) is 12.1 Å². The molecule has 0 aliphatic carbocycles. The minimum absolute atomic E-state index is 0.240. The maximum absolute atomic E-state index is 12.2. The highest BCUT2D eigenvalue weighted by atomic mass is 32.1. The molecule has 1 aliphatic heterocycles. The number of fused-ring (bicyclic) bond motifs is 1. The van der Waals surface area contributed by atoms with E-state index in [-0.39, 0.29) is 15.7 Å². The summed E-state index contributed by atoms with van der Waals surface area (Å²) in [5, 5.41) is 11.5. The Kier molecular flexibility index (Phi) is 3.42. The molecule has 0 unspecified atom stereocenters. The zero-order chi connectivity index (χ0) is 16.0. The van der Waals surface area contributed by atoms with Gasteiger partial charge in [0.2, 0.25) is 11.8 Å². The van der Waals surface area contributed by atoms with Crippen LogP contribution in [-0.4, -0.2) is 21.6 Å². The summed E-state index contributed by atoms with van der Waals surface area (Å²) in [5.41, 5.74) is 3.69. The van der Waals surface area contributed by atoms with Crippen molar-refractivity contribution in [2.75, 3.05) is 5.43 Å². The third kappa shape index (κ3) is 2.26. The van der Waals surface area contributed by atoms with E-state index in [1.54, 1.807) is 6.07 Å². The Labute approximate surface area is 134 Å². The summed E-state index contributed by atoms with van der Waals surface area (Å²) in [4.78, 5) is 27.7. The van der Waals surface area contributed by atoms with Crippen LogP contribution in [0.4, 0.5) is 0 Å². The Morgan fingerprint density at radius 2 is 2.18 bits per heavy atom. The summed E-state index contributed by atoms with van der Waals surface area (Å²) in [7, 11) is 0. The fraction of sp³-hybridized carbons (Fsp3) is 0.143. The number of aryl methyl sites for hydroxylation is 1. The summed E-state index contributed by atoms with van der Waals surface area (Å²) < 4.78 is 1.33.